The molecule has 2 aromatic rings. The van der Waals surface area contributed by atoms with Crippen LogP contribution in [-0.4, -0.2) is 4.37 Å². The molecule has 4 nitrogen and oxygen atoms in total. The molecule has 0 radical (unpaired) electrons. The fourth-order valence-corrected chi connectivity index (χ4v) is 2.01. The maximum absolute atomic E-state index is 8.93. The Hall–Kier alpha value is -2.06. The Morgan fingerprint density at radius 3 is 2.88 bits per heavy atom. The Morgan fingerprint density at radius 2 is 2.19 bits per heavy atom. The number of anilines is 3. The molecule has 1 aromatic carbocycles. The molecule has 2 rings (SSSR count). The maximum Gasteiger partial charge on any atom is 0.157 e. The molecule has 80 valence electrons. The van der Waals surface area contributed by atoms with Crippen LogP contribution in [0, 0.1) is 18.3 Å². The average molecular weight is 230 g/mol. The topological polar surface area (TPSA) is 74.7 Å². The van der Waals surface area contributed by atoms with Crippen LogP contribution in [0.3, 0.4) is 0 Å². The van der Waals surface area contributed by atoms with Gasteiger partial charge in [0.2, 0.25) is 0 Å². The van der Waals surface area contributed by atoms with Crippen LogP contribution >= 0.6 is 11.5 Å². The third-order valence-corrected chi connectivity index (χ3v) is 3.00. The molecule has 0 amide bonds. The lowest BCUT2D eigenvalue weighted by Crippen LogP contribution is -1.94. The third-order valence-electron chi connectivity index (χ3n) is 2.22. The number of para-hydroxylation sites is 1. The SMILES string of the molecule is Cc1ccccc1Nc1snc(N)c1C#N. The summed E-state index contributed by atoms with van der Waals surface area (Å²) in [7, 11) is 0. The van der Waals surface area contributed by atoms with Gasteiger partial charge in [-0.15, -0.1) is 0 Å². The molecule has 0 saturated heterocycles. The van der Waals surface area contributed by atoms with Gasteiger partial charge in [0, 0.05) is 5.69 Å². The van der Waals surface area contributed by atoms with Gasteiger partial charge in [0.25, 0.3) is 0 Å². The molecule has 0 spiro atoms. The van der Waals surface area contributed by atoms with Gasteiger partial charge in [0.1, 0.15) is 16.6 Å². The summed E-state index contributed by atoms with van der Waals surface area (Å²) < 4.78 is 3.95. The van der Waals surface area contributed by atoms with Crippen LogP contribution in [0.15, 0.2) is 24.3 Å². The average Bonchev–Trinajstić information content (AvgIpc) is 2.63. The van der Waals surface area contributed by atoms with E-state index in [-0.39, 0.29) is 5.82 Å². The molecule has 0 saturated carbocycles. The number of nitrogens with two attached hydrogens (primary N) is 1. The zero-order valence-corrected chi connectivity index (χ0v) is 9.51. The highest BCUT2D eigenvalue weighted by molar-refractivity contribution is 7.10. The molecule has 1 aromatic heterocycles. The van der Waals surface area contributed by atoms with E-state index in [0.29, 0.717) is 10.6 Å². The summed E-state index contributed by atoms with van der Waals surface area (Å²) in [6, 6.07) is 9.89. The van der Waals surface area contributed by atoms with E-state index in [1.165, 1.54) is 11.5 Å². The molecule has 0 aliphatic carbocycles. The van der Waals surface area contributed by atoms with E-state index in [9.17, 15) is 0 Å². The van der Waals surface area contributed by atoms with Gasteiger partial charge >= 0.3 is 0 Å². The Bertz CT molecular complexity index is 553. The molecule has 0 aliphatic heterocycles. The number of benzene rings is 1. The van der Waals surface area contributed by atoms with Crippen molar-refractivity contribution in [3.63, 3.8) is 0 Å². The summed E-state index contributed by atoms with van der Waals surface area (Å²) in [5, 5.41) is 12.8. The summed E-state index contributed by atoms with van der Waals surface area (Å²) in [6.45, 7) is 2.00. The fraction of sp³-hybridized carbons (Fsp3) is 0.0909. The zero-order chi connectivity index (χ0) is 11.5. The second kappa shape index (κ2) is 4.21. The summed E-state index contributed by atoms with van der Waals surface area (Å²) in [4.78, 5) is 0. The van der Waals surface area contributed by atoms with Crippen molar-refractivity contribution in [3.05, 3.63) is 35.4 Å². The molecule has 5 heteroatoms. The Labute approximate surface area is 97.5 Å². The number of nitrogen functional groups attached to an aromatic ring is 1. The molecule has 16 heavy (non-hydrogen) atoms. The minimum Gasteiger partial charge on any atom is -0.382 e. The maximum atomic E-state index is 8.93. The van der Waals surface area contributed by atoms with Gasteiger partial charge in [-0.1, -0.05) is 18.2 Å². The first kappa shape index (κ1) is 10.5. The van der Waals surface area contributed by atoms with Crippen molar-refractivity contribution in [2.75, 3.05) is 11.1 Å². The lowest BCUT2D eigenvalue weighted by Gasteiger charge is -2.06. The van der Waals surface area contributed by atoms with Crippen LogP contribution in [0.4, 0.5) is 16.5 Å². The van der Waals surface area contributed by atoms with Gasteiger partial charge in [0.15, 0.2) is 5.82 Å². The highest BCUT2D eigenvalue weighted by atomic mass is 32.1. The molecule has 0 unspecified atom stereocenters. The Balaban J connectivity index is 2.35. The van der Waals surface area contributed by atoms with Crippen molar-refractivity contribution >= 4 is 28.0 Å². The number of nitriles is 1. The van der Waals surface area contributed by atoms with Crippen LogP contribution in [0.1, 0.15) is 11.1 Å². The molecule has 0 aliphatic rings. The van der Waals surface area contributed by atoms with E-state index < -0.39 is 0 Å². The standard InChI is InChI=1S/C11H10N4S/c1-7-4-2-3-5-9(7)14-11-8(6-12)10(13)15-16-11/h2-5,14H,1H3,(H2,13,15). The molecular weight excluding hydrogens is 220 g/mol. The lowest BCUT2D eigenvalue weighted by atomic mass is 10.2. The number of aryl methyl sites for hydroxylation is 1. The summed E-state index contributed by atoms with van der Waals surface area (Å²) in [5.41, 5.74) is 8.06. The minimum atomic E-state index is 0.281. The van der Waals surface area contributed by atoms with E-state index in [1.54, 1.807) is 0 Å². The van der Waals surface area contributed by atoms with Crippen molar-refractivity contribution in [1.82, 2.24) is 4.37 Å². The Morgan fingerprint density at radius 1 is 1.44 bits per heavy atom. The third kappa shape index (κ3) is 1.83. The van der Waals surface area contributed by atoms with Crippen LogP contribution in [0.2, 0.25) is 0 Å². The second-order valence-corrected chi connectivity index (χ2v) is 4.10. The highest BCUT2D eigenvalue weighted by Crippen LogP contribution is 2.29. The number of hydrogen-bond donors (Lipinski definition) is 2. The van der Waals surface area contributed by atoms with Crippen LogP contribution < -0.4 is 11.1 Å². The molecule has 0 atom stereocenters. The predicted octanol–water partition coefficient (Wildman–Crippen LogP) is 2.65. The molecule has 0 bridgehead atoms. The zero-order valence-electron chi connectivity index (χ0n) is 8.69. The lowest BCUT2D eigenvalue weighted by molar-refractivity contribution is 1.43. The first-order valence-electron chi connectivity index (χ1n) is 4.70. The number of nitrogens with zero attached hydrogens (tertiary/aromatic N) is 2. The minimum absolute atomic E-state index is 0.281. The number of nitrogens with one attached hydrogen (secondary N) is 1. The first-order chi connectivity index (χ1) is 7.72. The van der Waals surface area contributed by atoms with Gasteiger partial charge in [0.05, 0.1) is 0 Å². The normalized spacial score (nSPS) is 9.75. The van der Waals surface area contributed by atoms with Crippen molar-refractivity contribution in [2.45, 2.75) is 6.92 Å². The van der Waals surface area contributed by atoms with Crippen LogP contribution in [0.5, 0.6) is 0 Å². The van der Waals surface area contributed by atoms with E-state index in [0.717, 1.165) is 11.3 Å². The predicted molar refractivity (Wildman–Crippen MR) is 65.7 cm³/mol. The van der Waals surface area contributed by atoms with Gasteiger partial charge in [-0.3, -0.25) is 0 Å². The van der Waals surface area contributed by atoms with E-state index in [2.05, 4.69) is 9.69 Å². The molecule has 1 heterocycles. The van der Waals surface area contributed by atoms with Crippen LogP contribution in [-0.2, 0) is 0 Å². The van der Waals surface area contributed by atoms with Crippen molar-refractivity contribution < 1.29 is 0 Å². The van der Waals surface area contributed by atoms with Crippen LogP contribution in [0.25, 0.3) is 0 Å². The van der Waals surface area contributed by atoms with Gasteiger partial charge in [-0.05, 0) is 30.1 Å². The summed E-state index contributed by atoms with van der Waals surface area (Å²) in [6.07, 6.45) is 0. The van der Waals surface area contributed by atoms with Gasteiger partial charge in [-0.2, -0.15) is 9.64 Å². The van der Waals surface area contributed by atoms with E-state index >= 15 is 0 Å². The smallest absolute Gasteiger partial charge is 0.157 e. The molecule has 0 fully saturated rings. The van der Waals surface area contributed by atoms with E-state index in [1.807, 2.05) is 37.3 Å². The number of rotatable bonds is 2. The highest BCUT2D eigenvalue weighted by Gasteiger charge is 2.11. The monoisotopic (exact) mass is 230 g/mol. The molecular formula is C11H10N4S. The summed E-state index contributed by atoms with van der Waals surface area (Å²) in [5.74, 6) is 0.281. The largest absolute Gasteiger partial charge is 0.382 e. The number of aromatic nitrogens is 1. The number of hydrogen-bond acceptors (Lipinski definition) is 5. The Kier molecular flexibility index (Phi) is 2.75. The van der Waals surface area contributed by atoms with E-state index in [4.69, 9.17) is 11.0 Å². The quantitative estimate of drug-likeness (QED) is 0.831. The van der Waals surface area contributed by atoms with Gasteiger partial charge in [-0.25, -0.2) is 0 Å². The second-order valence-electron chi connectivity index (χ2n) is 3.32. The fourth-order valence-electron chi connectivity index (χ4n) is 1.33. The van der Waals surface area contributed by atoms with Crippen molar-refractivity contribution in [2.24, 2.45) is 0 Å². The van der Waals surface area contributed by atoms with Crippen molar-refractivity contribution in [3.8, 4) is 6.07 Å². The van der Waals surface area contributed by atoms with Crippen molar-refractivity contribution in [1.29, 1.82) is 5.26 Å². The van der Waals surface area contributed by atoms with Gasteiger partial charge < -0.3 is 11.1 Å². The molecule has 3 N–H and O–H groups in total. The first-order valence-corrected chi connectivity index (χ1v) is 5.47. The summed E-state index contributed by atoms with van der Waals surface area (Å²) >= 11 is 1.20.